The second-order valence-corrected chi connectivity index (χ2v) is 10.5. The van der Waals surface area contributed by atoms with Crippen LogP contribution in [0, 0.1) is 17.6 Å². The Morgan fingerprint density at radius 2 is 2.00 bits per heavy atom. The molecule has 0 spiro atoms. The molecule has 186 valence electrons. The Morgan fingerprint density at radius 3 is 2.71 bits per heavy atom. The first-order chi connectivity index (χ1) is 16.9. The minimum atomic E-state index is -0.992. The van der Waals surface area contributed by atoms with Gasteiger partial charge >= 0.3 is 0 Å². The summed E-state index contributed by atoms with van der Waals surface area (Å²) in [5.41, 5.74) is 3.07. The van der Waals surface area contributed by atoms with Gasteiger partial charge in [0.05, 0.1) is 4.90 Å². The number of aromatic nitrogens is 1. The molecule has 2 N–H and O–H groups in total. The van der Waals surface area contributed by atoms with Crippen LogP contribution in [0.2, 0.25) is 0 Å². The lowest BCUT2D eigenvalue weighted by Gasteiger charge is -2.24. The number of rotatable bonds is 7. The van der Waals surface area contributed by atoms with Crippen LogP contribution in [0.4, 0.5) is 14.5 Å². The lowest BCUT2D eigenvalue weighted by Crippen LogP contribution is -2.35. The molecule has 0 aliphatic carbocycles. The van der Waals surface area contributed by atoms with Gasteiger partial charge in [0.2, 0.25) is 0 Å². The first-order valence-electron chi connectivity index (χ1n) is 12.0. The number of benzene rings is 2. The van der Waals surface area contributed by atoms with Crippen molar-refractivity contribution in [3.63, 3.8) is 0 Å². The highest BCUT2D eigenvalue weighted by Crippen LogP contribution is 2.30. The zero-order valence-electron chi connectivity index (χ0n) is 20.4. The zero-order valence-corrected chi connectivity index (χ0v) is 21.2. The standard InChI is InChI=1S/C27H32F2N4OS/c1-4-30-35-25-17-33(3)26(27(34)31-20-12-14-22(28)23(29)16-20)21(25)13-15-24(32-35)18(2)10-11-19-8-6-5-7-9-19/h5-9,12,14,16-18,24H,4,10-11,13,15H2,1-3H3,(H,30,32)(H,31,34). The van der Waals surface area contributed by atoms with E-state index in [1.807, 2.05) is 30.8 Å². The van der Waals surface area contributed by atoms with E-state index in [4.69, 9.17) is 4.36 Å². The summed E-state index contributed by atoms with van der Waals surface area (Å²) in [6, 6.07) is 14.2. The van der Waals surface area contributed by atoms with Gasteiger partial charge in [0.15, 0.2) is 11.6 Å². The molecule has 1 aliphatic rings. The minimum Gasteiger partial charge on any atom is -0.345 e. The smallest absolute Gasteiger partial charge is 0.272 e. The molecule has 1 amide bonds. The summed E-state index contributed by atoms with van der Waals surface area (Å²) in [5.74, 6) is -1.84. The van der Waals surface area contributed by atoms with Crippen LogP contribution in [0.25, 0.3) is 0 Å². The molecule has 2 aromatic carbocycles. The van der Waals surface area contributed by atoms with Crippen molar-refractivity contribution in [3.05, 3.63) is 83.2 Å². The van der Waals surface area contributed by atoms with Gasteiger partial charge in [-0.1, -0.05) is 37.3 Å². The van der Waals surface area contributed by atoms with Crippen molar-refractivity contribution >= 4 is 22.5 Å². The van der Waals surface area contributed by atoms with Crippen LogP contribution in [-0.4, -0.2) is 23.1 Å². The summed E-state index contributed by atoms with van der Waals surface area (Å²) in [4.78, 5) is 14.2. The fourth-order valence-electron chi connectivity index (χ4n) is 4.56. The van der Waals surface area contributed by atoms with Crippen molar-refractivity contribution in [2.24, 2.45) is 17.3 Å². The maximum Gasteiger partial charge on any atom is 0.272 e. The third-order valence-electron chi connectivity index (χ3n) is 6.49. The molecule has 35 heavy (non-hydrogen) atoms. The normalized spacial score (nSPS) is 18.7. The zero-order chi connectivity index (χ0) is 24.9. The Morgan fingerprint density at radius 1 is 1.23 bits per heavy atom. The molecule has 3 atom stereocenters. The van der Waals surface area contributed by atoms with Gasteiger partial charge in [-0.25, -0.2) is 17.9 Å². The molecule has 4 rings (SSSR count). The van der Waals surface area contributed by atoms with Gasteiger partial charge in [-0.05, 0) is 61.8 Å². The molecule has 8 heteroatoms. The molecule has 0 fully saturated rings. The van der Waals surface area contributed by atoms with Gasteiger partial charge in [-0.15, -0.1) is 0 Å². The molecule has 0 bridgehead atoms. The maximum atomic E-state index is 13.7. The fraction of sp³-hybridized carbons (Fsp3) is 0.370. The van der Waals surface area contributed by atoms with Crippen molar-refractivity contribution in [1.82, 2.24) is 9.29 Å². The van der Waals surface area contributed by atoms with Gasteiger partial charge in [0, 0.05) is 48.5 Å². The van der Waals surface area contributed by atoms with E-state index in [1.165, 1.54) is 11.6 Å². The van der Waals surface area contributed by atoms with E-state index in [0.717, 1.165) is 48.3 Å². The lowest BCUT2D eigenvalue weighted by atomic mass is 9.91. The van der Waals surface area contributed by atoms with Crippen LogP contribution in [0.15, 0.2) is 64.0 Å². The van der Waals surface area contributed by atoms with E-state index < -0.39 is 22.5 Å². The number of carbonyl (C=O) groups excluding carboxylic acids is 1. The van der Waals surface area contributed by atoms with Crippen LogP contribution in [0.3, 0.4) is 0 Å². The maximum absolute atomic E-state index is 13.7. The number of nitrogens with one attached hydrogen (secondary N) is 2. The number of anilines is 1. The quantitative estimate of drug-likeness (QED) is 0.431. The predicted molar refractivity (Wildman–Crippen MR) is 137 cm³/mol. The second-order valence-electron chi connectivity index (χ2n) is 9.01. The van der Waals surface area contributed by atoms with Crippen molar-refractivity contribution in [2.75, 3.05) is 11.9 Å². The molecule has 0 radical (unpaired) electrons. The van der Waals surface area contributed by atoms with Gasteiger partial charge in [-0.3, -0.25) is 4.79 Å². The number of hydrogen-bond acceptors (Lipinski definition) is 2. The number of carbonyl (C=O) groups is 1. The average Bonchev–Trinajstić information content (AvgIpc) is 3.08. The third-order valence-corrected chi connectivity index (χ3v) is 8.30. The Bertz CT molecular complexity index is 1230. The molecule has 1 aliphatic heterocycles. The van der Waals surface area contributed by atoms with E-state index in [0.29, 0.717) is 18.2 Å². The SMILES string of the molecule is CCN=S1NC(C(C)CCc2ccccc2)CCc2c1cn(C)c2C(=O)Nc1ccc(F)c(F)c1. The summed E-state index contributed by atoms with van der Waals surface area (Å²) in [7, 11) is 1.31. The third kappa shape index (κ3) is 5.87. The molecule has 5 nitrogen and oxygen atoms in total. The van der Waals surface area contributed by atoms with E-state index >= 15 is 0 Å². The number of hydrogen-bond donors (Lipinski definition) is 2. The number of aryl methyl sites for hydroxylation is 2. The topological polar surface area (TPSA) is 58.4 Å². The largest absolute Gasteiger partial charge is 0.345 e. The highest BCUT2D eigenvalue weighted by atomic mass is 32.2. The highest BCUT2D eigenvalue weighted by molar-refractivity contribution is 7.85. The van der Waals surface area contributed by atoms with Crippen LogP contribution in [-0.2, 0) is 30.8 Å². The summed E-state index contributed by atoms with van der Waals surface area (Å²) < 4.78 is 37.4. The van der Waals surface area contributed by atoms with Crippen molar-refractivity contribution < 1.29 is 13.6 Å². The predicted octanol–water partition coefficient (Wildman–Crippen LogP) is 5.82. The van der Waals surface area contributed by atoms with Gasteiger partial charge in [-0.2, -0.15) is 0 Å². The molecule has 3 unspecified atom stereocenters. The van der Waals surface area contributed by atoms with E-state index in [9.17, 15) is 13.6 Å². The van der Waals surface area contributed by atoms with E-state index in [1.54, 1.807) is 0 Å². The van der Waals surface area contributed by atoms with Crippen molar-refractivity contribution in [1.29, 1.82) is 0 Å². The molecule has 2 heterocycles. The van der Waals surface area contributed by atoms with E-state index in [-0.39, 0.29) is 17.6 Å². The molecular weight excluding hydrogens is 466 g/mol. The summed E-state index contributed by atoms with van der Waals surface area (Å²) in [6.45, 7) is 4.97. The number of halogens is 2. The number of fused-ring (bicyclic) bond motifs is 1. The van der Waals surface area contributed by atoms with Crippen LogP contribution in [0.1, 0.15) is 48.3 Å². The fourth-order valence-corrected chi connectivity index (χ4v) is 6.49. The lowest BCUT2D eigenvalue weighted by molar-refractivity contribution is 0.101. The monoisotopic (exact) mass is 498 g/mol. The van der Waals surface area contributed by atoms with Crippen LogP contribution in [0.5, 0.6) is 0 Å². The Labute approximate surface area is 208 Å². The van der Waals surface area contributed by atoms with E-state index in [2.05, 4.69) is 41.2 Å². The molecule has 0 saturated heterocycles. The number of amides is 1. The number of nitrogens with zero attached hydrogens (tertiary/aromatic N) is 2. The second kappa shape index (κ2) is 11.3. The molecule has 1 aromatic heterocycles. The Kier molecular flexibility index (Phi) is 8.13. The summed E-state index contributed by atoms with van der Waals surface area (Å²) >= 11 is 0. The Balaban J connectivity index is 1.55. The Hall–Kier alpha value is -2.84. The van der Waals surface area contributed by atoms with Crippen LogP contribution < -0.4 is 10.0 Å². The summed E-state index contributed by atoms with van der Waals surface area (Å²) in [6.07, 6.45) is 5.69. The summed E-state index contributed by atoms with van der Waals surface area (Å²) in [5, 5.41) is 2.73. The molecular formula is C27H32F2N4OS. The van der Waals surface area contributed by atoms with Crippen molar-refractivity contribution in [3.8, 4) is 0 Å². The highest BCUT2D eigenvalue weighted by Gasteiger charge is 2.29. The van der Waals surface area contributed by atoms with Gasteiger partial charge < -0.3 is 9.88 Å². The minimum absolute atomic E-state index is 0.222. The van der Waals surface area contributed by atoms with Gasteiger partial charge in [0.1, 0.15) is 5.69 Å². The average molecular weight is 499 g/mol. The molecule has 3 aromatic rings. The first kappa shape index (κ1) is 25.3. The van der Waals surface area contributed by atoms with Crippen molar-refractivity contribution in [2.45, 2.75) is 50.5 Å². The van der Waals surface area contributed by atoms with Crippen LogP contribution >= 0.6 is 0 Å². The first-order valence-corrected chi connectivity index (χ1v) is 13.2. The molecule has 0 saturated carbocycles. The van der Waals surface area contributed by atoms with Gasteiger partial charge in [0.25, 0.3) is 5.91 Å².